The Morgan fingerprint density at radius 2 is 2.29 bits per heavy atom. The summed E-state index contributed by atoms with van der Waals surface area (Å²) in [5, 5.41) is 3.41. The van der Waals surface area contributed by atoms with Gasteiger partial charge in [0.2, 0.25) is 0 Å². The molecule has 4 heteroatoms. The van der Waals surface area contributed by atoms with E-state index in [1.54, 1.807) is 0 Å². The minimum atomic E-state index is -0.125. The number of carbonyl (C=O) groups excluding carboxylic acids is 1. The fourth-order valence-corrected chi connectivity index (χ4v) is 2.47. The van der Waals surface area contributed by atoms with Crippen LogP contribution in [0.15, 0.2) is 0 Å². The second kappa shape index (κ2) is 7.67. The average molecular weight is 242 g/mol. The van der Waals surface area contributed by atoms with Crippen molar-refractivity contribution in [3.05, 3.63) is 0 Å². The molecule has 0 aromatic carbocycles. The van der Waals surface area contributed by atoms with Crippen molar-refractivity contribution in [2.45, 2.75) is 52.1 Å². The van der Waals surface area contributed by atoms with Crippen molar-refractivity contribution in [1.29, 1.82) is 0 Å². The number of esters is 1. The van der Waals surface area contributed by atoms with Gasteiger partial charge in [-0.15, -0.1) is 0 Å². The maximum Gasteiger partial charge on any atom is 0.323 e. The third-order valence-corrected chi connectivity index (χ3v) is 3.35. The van der Waals surface area contributed by atoms with E-state index < -0.39 is 0 Å². The lowest BCUT2D eigenvalue weighted by Crippen LogP contribution is -2.52. The van der Waals surface area contributed by atoms with Gasteiger partial charge in [0.1, 0.15) is 6.04 Å². The Balaban J connectivity index is 2.59. The molecule has 0 saturated carbocycles. The molecule has 0 amide bonds. The number of ether oxygens (including phenoxy) is 1. The smallest absolute Gasteiger partial charge is 0.323 e. The van der Waals surface area contributed by atoms with Gasteiger partial charge in [-0.05, 0) is 46.2 Å². The molecule has 1 fully saturated rings. The summed E-state index contributed by atoms with van der Waals surface area (Å²) in [6.45, 7) is 9.49. The van der Waals surface area contributed by atoms with Crippen LogP contribution in [0.5, 0.6) is 0 Å². The molecule has 0 bridgehead atoms. The van der Waals surface area contributed by atoms with Crippen molar-refractivity contribution >= 4 is 5.97 Å². The Hall–Kier alpha value is -0.610. The van der Waals surface area contributed by atoms with E-state index in [2.05, 4.69) is 17.1 Å². The van der Waals surface area contributed by atoms with Crippen molar-refractivity contribution in [3.63, 3.8) is 0 Å². The quantitative estimate of drug-likeness (QED) is 0.715. The minimum absolute atomic E-state index is 0.0912. The van der Waals surface area contributed by atoms with Gasteiger partial charge >= 0.3 is 5.97 Å². The van der Waals surface area contributed by atoms with Gasteiger partial charge in [0.15, 0.2) is 0 Å². The zero-order chi connectivity index (χ0) is 12.7. The lowest BCUT2D eigenvalue weighted by molar-refractivity contribution is -0.150. The highest BCUT2D eigenvalue weighted by Crippen LogP contribution is 2.15. The maximum absolute atomic E-state index is 11.8. The lowest BCUT2D eigenvalue weighted by atomic mass is 10.0. The van der Waals surface area contributed by atoms with Gasteiger partial charge in [0, 0.05) is 12.6 Å². The monoisotopic (exact) mass is 242 g/mol. The van der Waals surface area contributed by atoms with Crippen LogP contribution in [0, 0.1) is 0 Å². The molecular weight excluding hydrogens is 216 g/mol. The third kappa shape index (κ3) is 4.28. The van der Waals surface area contributed by atoms with Crippen LogP contribution < -0.4 is 5.32 Å². The van der Waals surface area contributed by atoms with Gasteiger partial charge < -0.3 is 10.1 Å². The van der Waals surface area contributed by atoms with E-state index >= 15 is 0 Å². The van der Waals surface area contributed by atoms with Gasteiger partial charge in [-0.2, -0.15) is 0 Å². The van der Waals surface area contributed by atoms with Crippen molar-refractivity contribution in [2.75, 3.05) is 26.2 Å². The Bertz CT molecular complexity index is 227. The zero-order valence-electron chi connectivity index (χ0n) is 11.4. The predicted octanol–water partition coefficient (Wildman–Crippen LogP) is 1.40. The normalized spacial score (nSPS) is 22.5. The number of nitrogens with one attached hydrogen (secondary N) is 1. The Kier molecular flexibility index (Phi) is 6.52. The number of hydrogen-bond acceptors (Lipinski definition) is 4. The van der Waals surface area contributed by atoms with E-state index in [0.717, 1.165) is 26.1 Å². The van der Waals surface area contributed by atoms with Crippen LogP contribution in [0.3, 0.4) is 0 Å². The first-order valence-electron chi connectivity index (χ1n) is 6.83. The molecule has 1 aliphatic rings. The summed E-state index contributed by atoms with van der Waals surface area (Å²) in [6, 6.07) is 0.350. The summed E-state index contributed by atoms with van der Waals surface area (Å²) in [6.07, 6.45) is 3.44. The van der Waals surface area contributed by atoms with Crippen LogP contribution in [0.1, 0.15) is 40.0 Å². The van der Waals surface area contributed by atoms with Crippen LogP contribution in [0.4, 0.5) is 0 Å². The molecule has 1 aliphatic heterocycles. The standard InChI is InChI=1S/C13H26N2O2/c1-4-9-15(11(3)13(16)17-5-2)12-7-6-8-14-10-12/h11-12,14H,4-10H2,1-3H3. The predicted molar refractivity (Wildman–Crippen MR) is 69.0 cm³/mol. The molecule has 2 atom stereocenters. The van der Waals surface area contributed by atoms with Crippen LogP contribution >= 0.6 is 0 Å². The summed E-state index contributed by atoms with van der Waals surface area (Å²) in [4.78, 5) is 14.1. The fraction of sp³-hybridized carbons (Fsp3) is 0.923. The average Bonchev–Trinajstić information content (AvgIpc) is 2.36. The second-order valence-electron chi connectivity index (χ2n) is 4.67. The largest absolute Gasteiger partial charge is 0.465 e. The topological polar surface area (TPSA) is 41.6 Å². The maximum atomic E-state index is 11.8. The van der Waals surface area contributed by atoms with Gasteiger partial charge in [-0.3, -0.25) is 9.69 Å². The number of piperidine rings is 1. The Morgan fingerprint density at radius 3 is 2.82 bits per heavy atom. The summed E-state index contributed by atoms with van der Waals surface area (Å²) in [5.74, 6) is -0.0912. The van der Waals surface area contributed by atoms with Gasteiger partial charge in [-0.25, -0.2) is 0 Å². The second-order valence-corrected chi connectivity index (χ2v) is 4.67. The molecule has 0 spiro atoms. The van der Waals surface area contributed by atoms with Gasteiger partial charge in [0.25, 0.3) is 0 Å². The van der Waals surface area contributed by atoms with E-state index in [-0.39, 0.29) is 12.0 Å². The molecule has 100 valence electrons. The first-order chi connectivity index (χ1) is 8.20. The summed E-state index contributed by atoms with van der Waals surface area (Å²) < 4.78 is 5.12. The third-order valence-electron chi connectivity index (χ3n) is 3.35. The first-order valence-corrected chi connectivity index (χ1v) is 6.83. The highest BCUT2D eigenvalue weighted by Gasteiger charge is 2.29. The number of hydrogen-bond donors (Lipinski definition) is 1. The fourth-order valence-electron chi connectivity index (χ4n) is 2.47. The molecule has 1 N–H and O–H groups in total. The van der Waals surface area contributed by atoms with Crippen molar-refractivity contribution in [1.82, 2.24) is 10.2 Å². The van der Waals surface area contributed by atoms with E-state index in [4.69, 9.17) is 4.74 Å². The molecule has 0 aromatic heterocycles. The Morgan fingerprint density at radius 1 is 1.53 bits per heavy atom. The van der Waals surface area contributed by atoms with Crippen molar-refractivity contribution in [2.24, 2.45) is 0 Å². The summed E-state index contributed by atoms with van der Waals surface area (Å²) in [5.41, 5.74) is 0. The molecule has 0 aromatic rings. The first kappa shape index (κ1) is 14.5. The summed E-state index contributed by atoms with van der Waals surface area (Å²) in [7, 11) is 0. The molecule has 1 saturated heterocycles. The molecule has 0 radical (unpaired) electrons. The molecule has 2 unspecified atom stereocenters. The SMILES string of the molecule is CCCN(C1CCCNC1)C(C)C(=O)OCC. The van der Waals surface area contributed by atoms with E-state index in [9.17, 15) is 4.79 Å². The van der Waals surface area contributed by atoms with Gasteiger partial charge in [-0.1, -0.05) is 6.92 Å². The van der Waals surface area contributed by atoms with Crippen LogP contribution in [0.2, 0.25) is 0 Å². The van der Waals surface area contributed by atoms with Crippen LogP contribution in [-0.2, 0) is 9.53 Å². The summed E-state index contributed by atoms with van der Waals surface area (Å²) >= 11 is 0. The van der Waals surface area contributed by atoms with Gasteiger partial charge in [0.05, 0.1) is 6.61 Å². The van der Waals surface area contributed by atoms with Crippen molar-refractivity contribution in [3.8, 4) is 0 Å². The molecule has 4 nitrogen and oxygen atoms in total. The number of nitrogens with zero attached hydrogens (tertiary/aromatic N) is 1. The molecule has 1 heterocycles. The van der Waals surface area contributed by atoms with E-state index in [1.807, 2.05) is 13.8 Å². The lowest BCUT2D eigenvalue weighted by Gasteiger charge is -2.37. The number of rotatable bonds is 6. The van der Waals surface area contributed by atoms with Crippen LogP contribution in [-0.4, -0.2) is 49.2 Å². The Labute approximate surface area is 105 Å². The van der Waals surface area contributed by atoms with Crippen molar-refractivity contribution < 1.29 is 9.53 Å². The minimum Gasteiger partial charge on any atom is -0.465 e. The van der Waals surface area contributed by atoms with Crippen LogP contribution in [0.25, 0.3) is 0 Å². The van der Waals surface area contributed by atoms with E-state index in [0.29, 0.717) is 12.6 Å². The highest BCUT2D eigenvalue weighted by atomic mass is 16.5. The zero-order valence-corrected chi connectivity index (χ0v) is 11.4. The molecular formula is C13H26N2O2. The number of carbonyl (C=O) groups is 1. The molecule has 1 rings (SSSR count). The highest BCUT2D eigenvalue weighted by molar-refractivity contribution is 5.75. The molecule has 0 aliphatic carbocycles. The molecule has 17 heavy (non-hydrogen) atoms. The van der Waals surface area contributed by atoms with E-state index in [1.165, 1.54) is 12.8 Å².